The quantitative estimate of drug-likeness (QED) is 0.0307. The molecule has 1 heterocycles. The number of hydrazine groups is 1. The van der Waals surface area contributed by atoms with Crippen molar-refractivity contribution >= 4 is 52.7 Å². The second kappa shape index (κ2) is 27.6. The molecule has 1 aliphatic rings. The van der Waals surface area contributed by atoms with E-state index in [2.05, 4.69) is 30.7 Å². The van der Waals surface area contributed by atoms with Crippen LogP contribution in [-0.4, -0.2) is 58.4 Å². The number of ketones is 1. The number of isocyanates is 1. The fourth-order valence-electron chi connectivity index (χ4n) is 5.32. The standard InChI is InChI=1S/C19H15F6N3O3.C11H11F3N2O.C8H7F3N2O.C8H7NO.C3H6O/c1-17(2)28(16(29)26-13-6-8-14(9-7-13)30-19(23,24)25)27-15(31-17)11-4-3-5-12(10-11)18(20,21)22;1-7(2)15-16-10(17)8-4-3-5-9(6-8)11(12,13)14;9-8(10,11)6-3-1-2-5(4-6)7(14)13-12;1-7-2-4-8(5-3-7)9-6-10;1-3(2)4/h3-10H,1-2H3,(H,26,29);3-6H,1-2H3,(H,16,17);1-4H,12H2,(H,13,14);2-5H,1H3;1-2H3. The van der Waals surface area contributed by atoms with Crippen molar-refractivity contribution in [2.45, 2.75) is 79.1 Å². The van der Waals surface area contributed by atoms with Crippen LogP contribution in [0.4, 0.5) is 68.9 Å². The Labute approximate surface area is 425 Å². The Morgan fingerprint density at radius 1 is 0.671 bits per heavy atom. The summed E-state index contributed by atoms with van der Waals surface area (Å²) in [6.07, 6.45) is -16.8. The van der Waals surface area contributed by atoms with Crippen LogP contribution in [0.3, 0.4) is 0 Å². The number of carbonyl (C=O) groups excluding carboxylic acids is 5. The van der Waals surface area contributed by atoms with Gasteiger partial charge in [-0.3, -0.25) is 15.0 Å². The van der Waals surface area contributed by atoms with Gasteiger partial charge in [0.1, 0.15) is 11.5 Å². The molecule has 5 N–H and O–H groups in total. The highest BCUT2D eigenvalue weighted by atomic mass is 19.4. The molecule has 0 saturated heterocycles. The van der Waals surface area contributed by atoms with Crippen molar-refractivity contribution in [3.8, 4) is 5.75 Å². The number of amides is 4. The maximum Gasteiger partial charge on any atom is 0.573 e. The highest BCUT2D eigenvalue weighted by Gasteiger charge is 2.41. The number of urea groups is 1. The molecule has 27 heteroatoms. The van der Waals surface area contributed by atoms with Crippen LogP contribution in [0.5, 0.6) is 5.75 Å². The molecule has 76 heavy (non-hydrogen) atoms. The Bertz CT molecular complexity index is 2870. The molecule has 5 aromatic rings. The molecule has 0 radical (unpaired) electrons. The van der Waals surface area contributed by atoms with E-state index in [0.29, 0.717) is 11.4 Å². The van der Waals surface area contributed by atoms with E-state index in [1.54, 1.807) is 31.4 Å². The van der Waals surface area contributed by atoms with Gasteiger partial charge in [-0.1, -0.05) is 35.9 Å². The lowest BCUT2D eigenvalue weighted by atomic mass is 10.1. The van der Waals surface area contributed by atoms with Crippen molar-refractivity contribution in [1.82, 2.24) is 15.9 Å². The van der Waals surface area contributed by atoms with Crippen molar-refractivity contribution in [3.63, 3.8) is 0 Å². The first-order valence-corrected chi connectivity index (χ1v) is 21.3. The molecule has 15 nitrogen and oxygen atoms in total. The maximum absolute atomic E-state index is 12.9. The van der Waals surface area contributed by atoms with Crippen LogP contribution in [0.15, 0.2) is 137 Å². The van der Waals surface area contributed by atoms with Crippen LogP contribution in [0.25, 0.3) is 0 Å². The number of ether oxygens (including phenoxy) is 2. The maximum atomic E-state index is 12.9. The average molecular weight is 1090 g/mol. The highest BCUT2D eigenvalue weighted by Crippen LogP contribution is 2.34. The van der Waals surface area contributed by atoms with E-state index in [4.69, 9.17) is 10.6 Å². The number of alkyl halides is 12. The molecule has 0 unspecified atom stereocenters. The minimum atomic E-state index is -4.85. The van der Waals surface area contributed by atoms with E-state index in [0.717, 1.165) is 65.2 Å². The molecule has 1 aliphatic heterocycles. The van der Waals surface area contributed by atoms with Crippen LogP contribution in [0.2, 0.25) is 0 Å². The summed E-state index contributed by atoms with van der Waals surface area (Å²) in [5.41, 5.74) is 2.30. The summed E-state index contributed by atoms with van der Waals surface area (Å²) >= 11 is 0. The molecular formula is C49H46F12N8O7. The van der Waals surface area contributed by atoms with Crippen molar-refractivity contribution < 1.29 is 86.1 Å². The number of hydrazone groups is 2. The Kier molecular flexibility index (Phi) is 23.1. The number of nitrogen functional groups attached to an aromatic ring is 1. The first kappa shape index (κ1) is 63.5. The van der Waals surface area contributed by atoms with Gasteiger partial charge in [0.25, 0.3) is 11.8 Å². The third-order valence-corrected chi connectivity index (χ3v) is 8.64. The molecule has 408 valence electrons. The van der Waals surface area contributed by atoms with Crippen LogP contribution in [0, 0.1) is 6.92 Å². The Morgan fingerprint density at radius 2 is 1.13 bits per heavy atom. The first-order valence-electron chi connectivity index (χ1n) is 21.3. The number of hydrogen-bond donors (Lipinski definition) is 4. The molecular weight excluding hydrogens is 1040 g/mol. The lowest BCUT2D eigenvalue weighted by Gasteiger charge is -2.27. The molecule has 0 aliphatic carbocycles. The van der Waals surface area contributed by atoms with Crippen LogP contribution in [-0.2, 0) is 32.9 Å². The summed E-state index contributed by atoms with van der Waals surface area (Å²) in [6, 6.07) is 23.4. The molecule has 0 bridgehead atoms. The molecule has 5 aromatic carbocycles. The minimum Gasteiger partial charge on any atom is -0.448 e. The number of halogens is 12. The van der Waals surface area contributed by atoms with Crippen molar-refractivity contribution in [3.05, 3.63) is 160 Å². The van der Waals surface area contributed by atoms with Gasteiger partial charge in [-0.05, 0) is 139 Å². The smallest absolute Gasteiger partial charge is 0.448 e. The topological polar surface area (TPSA) is 206 Å². The van der Waals surface area contributed by atoms with Gasteiger partial charge in [0.15, 0.2) is 0 Å². The fraction of sp³-hybridized carbons (Fsp3) is 0.245. The SMILES string of the molecule is CC(C)=NNC(=O)c1cccc(C(F)(F)F)c1.CC(C)=O.CC1(C)OC(c2cccc(C(F)(F)F)c2)=NN1C(=O)Nc1ccc(OC(F)(F)F)cc1.Cc1ccc(N=C=O)cc1.NNC(=O)c1cccc(C(F)(F)F)c1. The lowest BCUT2D eigenvalue weighted by Crippen LogP contribution is -2.44. The number of hydrogen-bond acceptors (Lipinski definition) is 11. The second-order valence-electron chi connectivity index (χ2n) is 15.9. The number of rotatable bonds is 7. The largest absolute Gasteiger partial charge is 0.573 e. The van der Waals surface area contributed by atoms with Crippen LogP contribution < -0.4 is 26.7 Å². The monoisotopic (exact) mass is 1090 g/mol. The molecule has 0 saturated carbocycles. The molecule has 0 atom stereocenters. The predicted octanol–water partition coefficient (Wildman–Crippen LogP) is 12.3. The number of nitrogens with zero attached hydrogens (tertiary/aromatic N) is 4. The summed E-state index contributed by atoms with van der Waals surface area (Å²) in [5, 5.41) is 10.9. The zero-order chi connectivity index (χ0) is 57.8. The van der Waals surface area contributed by atoms with Gasteiger partial charge in [0.05, 0.1) is 22.4 Å². The molecule has 0 aromatic heterocycles. The van der Waals surface area contributed by atoms with Gasteiger partial charge in [0, 0.05) is 28.1 Å². The number of Topliss-reactive ketones (excluding diaryl/α,β-unsaturated/α-hetero) is 1. The van der Waals surface area contributed by atoms with Gasteiger partial charge in [-0.15, -0.1) is 18.3 Å². The highest BCUT2D eigenvalue weighted by molar-refractivity contribution is 5.99. The third kappa shape index (κ3) is 22.7. The summed E-state index contributed by atoms with van der Waals surface area (Å²) < 4.78 is 158. The van der Waals surface area contributed by atoms with Crippen molar-refractivity contribution in [2.75, 3.05) is 5.32 Å². The van der Waals surface area contributed by atoms with Crippen molar-refractivity contribution in [2.24, 2.45) is 21.0 Å². The summed E-state index contributed by atoms with van der Waals surface area (Å²) in [7, 11) is 0. The van der Waals surface area contributed by atoms with Gasteiger partial charge >= 0.3 is 30.9 Å². The number of carbonyl (C=O) groups is 4. The van der Waals surface area contributed by atoms with Crippen LogP contribution >= 0.6 is 0 Å². The minimum absolute atomic E-state index is 0.0202. The van der Waals surface area contributed by atoms with E-state index in [1.807, 2.05) is 19.1 Å². The number of aliphatic imine (C=N–C) groups is 1. The van der Waals surface area contributed by atoms with Gasteiger partial charge in [-0.2, -0.15) is 54.6 Å². The van der Waals surface area contributed by atoms with Gasteiger partial charge in [0.2, 0.25) is 17.7 Å². The number of anilines is 1. The van der Waals surface area contributed by atoms with Crippen molar-refractivity contribution in [1.29, 1.82) is 0 Å². The van der Waals surface area contributed by atoms with E-state index < -0.39 is 70.9 Å². The summed E-state index contributed by atoms with van der Waals surface area (Å²) in [4.78, 5) is 57.6. The normalized spacial score (nSPS) is 12.4. The van der Waals surface area contributed by atoms with E-state index >= 15 is 0 Å². The summed E-state index contributed by atoms with van der Waals surface area (Å²) in [6.45, 7) is 11.3. The van der Waals surface area contributed by atoms with Gasteiger partial charge < -0.3 is 19.6 Å². The second-order valence-corrected chi connectivity index (χ2v) is 15.9. The lowest BCUT2D eigenvalue weighted by molar-refractivity contribution is -0.274. The average Bonchev–Trinajstić information content (AvgIpc) is 3.66. The molecule has 6 rings (SSSR count). The Morgan fingerprint density at radius 3 is 1.57 bits per heavy atom. The van der Waals surface area contributed by atoms with E-state index in [9.17, 15) is 76.7 Å². The number of nitrogens with two attached hydrogens (primary N) is 1. The number of benzene rings is 5. The number of aryl methyl sites for hydroxylation is 1. The zero-order valence-electron chi connectivity index (χ0n) is 40.8. The first-order chi connectivity index (χ1) is 35.1. The molecule has 0 spiro atoms. The molecule has 4 amide bonds. The van der Waals surface area contributed by atoms with Gasteiger partial charge in [-0.25, -0.2) is 20.9 Å². The Hall–Kier alpha value is -8.58. The third-order valence-electron chi connectivity index (χ3n) is 8.64. The summed E-state index contributed by atoms with van der Waals surface area (Å²) in [5.74, 6) is 2.86. The van der Waals surface area contributed by atoms with Crippen LogP contribution in [0.1, 0.15) is 90.1 Å². The predicted molar refractivity (Wildman–Crippen MR) is 253 cm³/mol. The molecule has 0 fully saturated rings. The zero-order valence-corrected chi connectivity index (χ0v) is 40.8. The van der Waals surface area contributed by atoms with E-state index in [-0.39, 0.29) is 34.1 Å². The fourth-order valence-corrected chi connectivity index (χ4v) is 5.32. The van der Waals surface area contributed by atoms with E-state index in [1.165, 1.54) is 76.2 Å². The number of nitrogens with one attached hydrogen (secondary N) is 3. The Balaban J connectivity index is 0.000000370.